The third kappa shape index (κ3) is 3.21. The van der Waals surface area contributed by atoms with Gasteiger partial charge in [-0.15, -0.1) is 0 Å². The summed E-state index contributed by atoms with van der Waals surface area (Å²) in [5, 5.41) is 3.30. The van der Waals surface area contributed by atoms with Gasteiger partial charge in [0.05, 0.1) is 12.0 Å². The lowest BCUT2D eigenvalue weighted by Crippen LogP contribution is -2.35. The number of hydrogen-bond acceptors (Lipinski definition) is 5. The van der Waals surface area contributed by atoms with Gasteiger partial charge in [0.1, 0.15) is 22.5 Å². The molecule has 0 atom stereocenters. The van der Waals surface area contributed by atoms with Crippen LogP contribution in [0.5, 0.6) is 5.75 Å². The maximum atomic E-state index is 12.5. The van der Waals surface area contributed by atoms with Crippen LogP contribution in [0.15, 0.2) is 57.7 Å². The number of anilines is 1. The number of rotatable bonds is 2. The van der Waals surface area contributed by atoms with Crippen LogP contribution < -0.4 is 15.7 Å². The Morgan fingerprint density at radius 1 is 1.07 bits per heavy atom. The highest BCUT2D eigenvalue weighted by molar-refractivity contribution is 6.07. The smallest absolute Gasteiger partial charge is 0.349 e. The molecule has 136 valence electrons. The summed E-state index contributed by atoms with van der Waals surface area (Å²) >= 11 is 0. The second kappa shape index (κ2) is 6.09. The molecular weight excluding hydrogens is 346 g/mol. The number of amides is 1. The lowest BCUT2D eigenvalue weighted by Gasteiger charge is -2.31. The normalized spacial score (nSPS) is 15.1. The number of Topliss-reactive ketones (excluding diaryl/α,β-unsaturated/α-hetero) is 1. The Morgan fingerprint density at radius 3 is 2.67 bits per heavy atom. The predicted molar refractivity (Wildman–Crippen MR) is 101 cm³/mol. The van der Waals surface area contributed by atoms with Crippen LogP contribution in [0, 0.1) is 0 Å². The molecule has 2 aromatic carbocycles. The molecule has 3 aromatic rings. The number of para-hydroxylation sites is 1. The molecule has 4 rings (SSSR count). The van der Waals surface area contributed by atoms with Crippen molar-refractivity contribution in [2.45, 2.75) is 25.9 Å². The molecule has 0 fully saturated rings. The zero-order valence-corrected chi connectivity index (χ0v) is 14.9. The van der Waals surface area contributed by atoms with E-state index in [4.69, 9.17) is 9.15 Å². The van der Waals surface area contributed by atoms with Crippen molar-refractivity contribution in [1.82, 2.24) is 0 Å². The second-order valence-electron chi connectivity index (χ2n) is 7.11. The third-order valence-corrected chi connectivity index (χ3v) is 4.40. The van der Waals surface area contributed by atoms with Crippen LogP contribution in [-0.4, -0.2) is 17.3 Å². The molecule has 0 radical (unpaired) electrons. The fourth-order valence-corrected chi connectivity index (χ4v) is 3.15. The van der Waals surface area contributed by atoms with Gasteiger partial charge < -0.3 is 14.5 Å². The summed E-state index contributed by atoms with van der Waals surface area (Å²) in [4.78, 5) is 37.0. The molecule has 6 heteroatoms. The fourth-order valence-electron chi connectivity index (χ4n) is 3.15. The zero-order chi connectivity index (χ0) is 19.2. The number of hydrogen-bond donors (Lipinski definition) is 1. The number of nitrogens with one attached hydrogen (secondary N) is 1. The van der Waals surface area contributed by atoms with E-state index in [2.05, 4.69) is 5.32 Å². The van der Waals surface area contributed by atoms with Gasteiger partial charge in [0.25, 0.3) is 5.91 Å². The standard InChI is InChI=1S/C21H17NO5/c1-21(2)11-16(23)14-10-13(7-8-18(14)27-21)22-19(24)15-9-12-5-3-4-6-17(12)26-20(15)25/h3-10H,11H2,1-2H3,(H,22,24). The average molecular weight is 363 g/mol. The van der Waals surface area contributed by atoms with Gasteiger partial charge in [-0.3, -0.25) is 9.59 Å². The number of benzene rings is 2. The molecule has 0 bridgehead atoms. The Kier molecular flexibility index (Phi) is 3.84. The zero-order valence-electron chi connectivity index (χ0n) is 14.9. The van der Waals surface area contributed by atoms with E-state index < -0.39 is 17.1 Å². The lowest BCUT2D eigenvalue weighted by molar-refractivity contribution is 0.0620. The Hall–Kier alpha value is -3.41. The number of fused-ring (bicyclic) bond motifs is 2. The van der Waals surface area contributed by atoms with Crippen LogP contribution >= 0.6 is 0 Å². The van der Waals surface area contributed by atoms with Crippen molar-refractivity contribution in [2.24, 2.45) is 0 Å². The van der Waals surface area contributed by atoms with Gasteiger partial charge in [-0.25, -0.2) is 4.79 Å². The first kappa shape index (κ1) is 17.0. The Labute approximate surface area is 154 Å². The van der Waals surface area contributed by atoms with Crippen molar-refractivity contribution in [3.63, 3.8) is 0 Å². The molecule has 2 heterocycles. The number of ether oxygens (including phenoxy) is 1. The van der Waals surface area contributed by atoms with Crippen molar-refractivity contribution < 1.29 is 18.7 Å². The Balaban J connectivity index is 1.64. The molecule has 1 aliphatic rings. The SMILES string of the molecule is CC1(C)CC(=O)c2cc(NC(=O)c3cc4ccccc4oc3=O)ccc2O1. The minimum atomic E-state index is -0.717. The molecule has 6 nitrogen and oxygen atoms in total. The molecule has 1 amide bonds. The van der Waals surface area contributed by atoms with Crippen LogP contribution in [0.2, 0.25) is 0 Å². The average Bonchev–Trinajstić information content (AvgIpc) is 2.61. The lowest BCUT2D eigenvalue weighted by atomic mass is 9.93. The predicted octanol–water partition coefficient (Wildman–Crippen LogP) is 3.79. The molecule has 1 aliphatic heterocycles. The summed E-state index contributed by atoms with van der Waals surface area (Å²) in [6, 6.07) is 13.3. The van der Waals surface area contributed by atoms with Gasteiger partial charge in [0.2, 0.25) is 0 Å². The third-order valence-electron chi connectivity index (χ3n) is 4.40. The minimum absolute atomic E-state index is 0.0532. The second-order valence-corrected chi connectivity index (χ2v) is 7.11. The summed E-state index contributed by atoms with van der Waals surface area (Å²) in [6.45, 7) is 3.70. The molecule has 0 aliphatic carbocycles. The monoisotopic (exact) mass is 363 g/mol. The van der Waals surface area contributed by atoms with E-state index in [1.165, 1.54) is 6.07 Å². The van der Waals surface area contributed by atoms with E-state index in [1.807, 2.05) is 13.8 Å². The van der Waals surface area contributed by atoms with Crippen LogP contribution in [0.1, 0.15) is 41.0 Å². The highest BCUT2D eigenvalue weighted by Crippen LogP contribution is 2.34. The van der Waals surface area contributed by atoms with Crippen molar-refractivity contribution in [3.8, 4) is 5.75 Å². The molecule has 0 saturated carbocycles. The summed E-state index contributed by atoms with van der Waals surface area (Å²) in [6.07, 6.45) is 0.256. The van der Waals surface area contributed by atoms with Gasteiger partial charge in [0.15, 0.2) is 5.78 Å². The number of carbonyl (C=O) groups is 2. The topological polar surface area (TPSA) is 85.6 Å². The van der Waals surface area contributed by atoms with E-state index in [1.54, 1.807) is 42.5 Å². The molecule has 0 spiro atoms. The maximum Gasteiger partial charge on any atom is 0.349 e. The first-order valence-electron chi connectivity index (χ1n) is 8.53. The summed E-state index contributed by atoms with van der Waals surface area (Å²) in [5.41, 5.74) is -0.141. The summed E-state index contributed by atoms with van der Waals surface area (Å²) in [5.74, 6) is -0.166. The Morgan fingerprint density at radius 2 is 1.85 bits per heavy atom. The highest BCUT2D eigenvalue weighted by Gasteiger charge is 2.32. The van der Waals surface area contributed by atoms with E-state index in [9.17, 15) is 14.4 Å². The molecule has 0 saturated heterocycles. The van der Waals surface area contributed by atoms with Crippen molar-refractivity contribution in [1.29, 1.82) is 0 Å². The minimum Gasteiger partial charge on any atom is -0.487 e. The molecule has 0 unspecified atom stereocenters. The molecular formula is C21H17NO5. The Bertz CT molecular complexity index is 1140. The summed E-state index contributed by atoms with van der Waals surface area (Å²) in [7, 11) is 0. The van der Waals surface area contributed by atoms with Crippen LogP contribution in [0.4, 0.5) is 5.69 Å². The van der Waals surface area contributed by atoms with Crippen LogP contribution in [-0.2, 0) is 0 Å². The van der Waals surface area contributed by atoms with Crippen LogP contribution in [0.3, 0.4) is 0 Å². The van der Waals surface area contributed by atoms with Crippen molar-refractivity contribution in [3.05, 3.63) is 70.1 Å². The maximum absolute atomic E-state index is 12.5. The van der Waals surface area contributed by atoms with E-state index >= 15 is 0 Å². The first-order chi connectivity index (χ1) is 12.8. The van der Waals surface area contributed by atoms with Crippen LogP contribution in [0.25, 0.3) is 11.0 Å². The molecule has 1 aromatic heterocycles. The first-order valence-corrected chi connectivity index (χ1v) is 8.53. The van der Waals surface area contributed by atoms with E-state index in [-0.39, 0.29) is 17.8 Å². The van der Waals surface area contributed by atoms with Gasteiger partial charge in [-0.2, -0.15) is 0 Å². The highest BCUT2D eigenvalue weighted by atomic mass is 16.5. The van der Waals surface area contributed by atoms with Crippen molar-refractivity contribution >= 4 is 28.3 Å². The van der Waals surface area contributed by atoms with E-state index in [0.29, 0.717) is 28.0 Å². The fraction of sp³-hybridized carbons (Fsp3) is 0.190. The number of carbonyl (C=O) groups excluding carboxylic acids is 2. The molecule has 1 N–H and O–H groups in total. The molecule has 27 heavy (non-hydrogen) atoms. The number of ketones is 1. The van der Waals surface area contributed by atoms with Gasteiger partial charge >= 0.3 is 5.63 Å². The largest absolute Gasteiger partial charge is 0.487 e. The van der Waals surface area contributed by atoms with E-state index in [0.717, 1.165) is 0 Å². The summed E-state index contributed by atoms with van der Waals surface area (Å²) < 4.78 is 11.0. The van der Waals surface area contributed by atoms with Crippen molar-refractivity contribution in [2.75, 3.05) is 5.32 Å². The van der Waals surface area contributed by atoms with Gasteiger partial charge in [-0.1, -0.05) is 18.2 Å². The van der Waals surface area contributed by atoms with Gasteiger partial charge in [0, 0.05) is 11.1 Å². The quantitative estimate of drug-likeness (QED) is 0.700. The van der Waals surface area contributed by atoms with Gasteiger partial charge in [-0.05, 0) is 44.2 Å².